The van der Waals surface area contributed by atoms with E-state index >= 15 is 0 Å². The molecule has 2 aromatic rings. The van der Waals surface area contributed by atoms with Crippen LogP contribution in [0.3, 0.4) is 0 Å². The first-order chi connectivity index (χ1) is 12.8. The topological polar surface area (TPSA) is 44.4 Å². The summed E-state index contributed by atoms with van der Waals surface area (Å²) in [4.78, 5) is 15.0. The minimum Gasteiger partial charge on any atom is -0.372 e. The molecule has 2 N–H and O–H groups in total. The Balaban J connectivity index is 1.38. The molecule has 4 heteroatoms. The third-order valence-electron chi connectivity index (χ3n) is 5.73. The van der Waals surface area contributed by atoms with Crippen molar-refractivity contribution in [3.63, 3.8) is 0 Å². The highest BCUT2D eigenvalue weighted by Gasteiger charge is 2.39. The van der Waals surface area contributed by atoms with Crippen molar-refractivity contribution in [3.8, 4) is 0 Å². The van der Waals surface area contributed by atoms with Crippen LogP contribution >= 0.6 is 0 Å². The molecule has 2 aromatic carbocycles. The zero-order valence-corrected chi connectivity index (χ0v) is 15.2. The second-order valence-corrected chi connectivity index (χ2v) is 7.48. The summed E-state index contributed by atoms with van der Waals surface area (Å²) in [5.41, 5.74) is 3.07. The molecule has 0 bridgehead atoms. The summed E-state index contributed by atoms with van der Waals surface area (Å²) in [5, 5.41) is 6.21. The fourth-order valence-electron chi connectivity index (χ4n) is 4.06. The van der Waals surface area contributed by atoms with E-state index < -0.39 is 0 Å². The zero-order chi connectivity index (χ0) is 17.8. The molecule has 1 saturated heterocycles. The van der Waals surface area contributed by atoms with Crippen molar-refractivity contribution in [2.24, 2.45) is 0 Å². The molecule has 4 nitrogen and oxygen atoms in total. The van der Waals surface area contributed by atoms with Crippen molar-refractivity contribution in [2.45, 2.75) is 44.1 Å². The molecule has 4 rings (SSSR count). The predicted octanol–water partition coefficient (Wildman–Crippen LogP) is 4.88. The first-order valence-electron chi connectivity index (χ1n) is 9.75. The zero-order valence-electron chi connectivity index (χ0n) is 15.2. The summed E-state index contributed by atoms with van der Waals surface area (Å²) in [6, 6.07) is 18.4. The Morgan fingerprint density at radius 3 is 2.15 bits per heavy atom. The van der Waals surface area contributed by atoms with E-state index in [1.807, 2.05) is 30.3 Å². The first kappa shape index (κ1) is 17.0. The number of piperidine rings is 1. The van der Waals surface area contributed by atoms with Crippen LogP contribution in [0.4, 0.5) is 16.2 Å². The Labute approximate surface area is 155 Å². The van der Waals surface area contributed by atoms with Gasteiger partial charge in [-0.05, 0) is 68.4 Å². The molecule has 0 aromatic heterocycles. The van der Waals surface area contributed by atoms with Gasteiger partial charge in [0, 0.05) is 24.5 Å². The number of carbonyl (C=O) groups excluding carboxylic acids is 1. The maximum atomic E-state index is 12.5. The third-order valence-corrected chi connectivity index (χ3v) is 5.73. The summed E-state index contributed by atoms with van der Waals surface area (Å²) in [6.45, 7) is 2.26. The molecule has 136 valence electrons. The summed E-state index contributed by atoms with van der Waals surface area (Å²) in [5.74, 6) is 0. The molecule has 0 atom stereocenters. The van der Waals surface area contributed by atoms with E-state index in [2.05, 4.69) is 39.8 Å². The van der Waals surface area contributed by atoms with Gasteiger partial charge in [0.15, 0.2) is 0 Å². The lowest BCUT2D eigenvalue weighted by molar-refractivity contribution is 0.185. The standard InChI is InChI=1S/C22H27N3O/c26-21(24-22(14-7-15-22)18-8-3-1-4-9-18)23-19-10-12-20(13-11-19)25-16-5-2-6-17-25/h1,3-4,8-13H,2,5-7,14-17H2,(H2,23,24,26). The quantitative estimate of drug-likeness (QED) is 0.826. The molecule has 1 aliphatic heterocycles. The number of benzene rings is 2. The van der Waals surface area contributed by atoms with Crippen molar-refractivity contribution >= 4 is 17.4 Å². The number of nitrogens with zero attached hydrogens (tertiary/aromatic N) is 1. The van der Waals surface area contributed by atoms with Crippen LogP contribution in [0.15, 0.2) is 54.6 Å². The van der Waals surface area contributed by atoms with Crippen LogP contribution in [0.5, 0.6) is 0 Å². The highest BCUT2D eigenvalue weighted by molar-refractivity contribution is 5.90. The molecule has 2 amide bonds. The highest BCUT2D eigenvalue weighted by atomic mass is 16.2. The van der Waals surface area contributed by atoms with Crippen molar-refractivity contribution in [2.75, 3.05) is 23.3 Å². The van der Waals surface area contributed by atoms with Gasteiger partial charge in [-0.2, -0.15) is 0 Å². The number of hydrogen-bond donors (Lipinski definition) is 2. The molecule has 1 aliphatic carbocycles. The number of anilines is 2. The number of urea groups is 1. The maximum Gasteiger partial charge on any atom is 0.319 e. The fourth-order valence-corrected chi connectivity index (χ4v) is 4.06. The van der Waals surface area contributed by atoms with Gasteiger partial charge in [0.25, 0.3) is 0 Å². The molecule has 2 fully saturated rings. The predicted molar refractivity (Wildman–Crippen MR) is 107 cm³/mol. The Morgan fingerprint density at radius 2 is 1.54 bits per heavy atom. The van der Waals surface area contributed by atoms with Crippen LogP contribution in [0.1, 0.15) is 44.1 Å². The first-order valence-corrected chi connectivity index (χ1v) is 9.75. The molecular weight excluding hydrogens is 322 g/mol. The van der Waals surface area contributed by atoms with Gasteiger partial charge in [-0.15, -0.1) is 0 Å². The van der Waals surface area contributed by atoms with E-state index in [9.17, 15) is 4.79 Å². The Morgan fingerprint density at radius 1 is 0.846 bits per heavy atom. The Kier molecular flexibility index (Phi) is 4.83. The summed E-state index contributed by atoms with van der Waals surface area (Å²) in [6.07, 6.45) is 7.02. The monoisotopic (exact) mass is 349 g/mol. The minimum atomic E-state index is -0.209. The fraction of sp³-hybridized carbons (Fsp3) is 0.409. The van der Waals surface area contributed by atoms with Crippen LogP contribution < -0.4 is 15.5 Å². The van der Waals surface area contributed by atoms with Crippen LogP contribution in [0.25, 0.3) is 0 Å². The van der Waals surface area contributed by atoms with Gasteiger partial charge in [-0.3, -0.25) is 0 Å². The highest BCUT2D eigenvalue weighted by Crippen LogP contribution is 2.41. The largest absolute Gasteiger partial charge is 0.372 e. The van der Waals surface area contributed by atoms with Gasteiger partial charge in [-0.1, -0.05) is 30.3 Å². The van der Waals surface area contributed by atoms with E-state index in [0.717, 1.165) is 38.0 Å². The van der Waals surface area contributed by atoms with Gasteiger partial charge in [-0.25, -0.2) is 4.79 Å². The van der Waals surface area contributed by atoms with Gasteiger partial charge in [0.2, 0.25) is 0 Å². The molecule has 2 aliphatic rings. The third kappa shape index (κ3) is 3.55. The molecular formula is C22H27N3O. The summed E-state index contributed by atoms with van der Waals surface area (Å²) < 4.78 is 0. The van der Waals surface area contributed by atoms with E-state index in [0.29, 0.717) is 0 Å². The second-order valence-electron chi connectivity index (χ2n) is 7.48. The van der Waals surface area contributed by atoms with E-state index in [4.69, 9.17) is 0 Å². The number of nitrogens with one attached hydrogen (secondary N) is 2. The molecule has 0 radical (unpaired) electrons. The van der Waals surface area contributed by atoms with Gasteiger partial charge >= 0.3 is 6.03 Å². The number of carbonyl (C=O) groups is 1. The lowest BCUT2D eigenvalue weighted by Gasteiger charge is -2.43. The average Bonchev–Trinajstić information content (AvgIpc) is 2.67. The summed E-state index contributed by atoms with van der Waals surface area (Å²) in [7, 11) is 0. The summed E-state index contributed by atoms with van der Waals surface area (Å²) >= 11 is 0. The number of hydrogen-bond acceptors (Lipinski definition) is 2. The average molecular weight is 349 g/mol. The van der Waals surface area contributed by atoms with Crippen molar-refractivity contribution in [1.82, 2.24) is 5.32 Å². The molecule has 1 heterocycles. The smallest absolute Gasteiger partial charge is 0.319 e. The SMILES string of the molecule is O=C(Nc1ccc(N2CCCCC2)cc1)NC1(c2ccccc2)CCC1. The lowest BCUT2D eigenvalue weighted by atomic mass is 9.72. The van der Waals surface area contributed by atoms with Gasteiger partial charge in [0.05, 0.1) is 5.54 Å². The normalized spacial score (nSPS) is 18.7. The van der Waals surface area contributed by atoms with Crippen molar-refractivity contribution in [3.05, 3.63) is 60.2 Å². The van der Waals surface area contributed by atoms with Crippen molar-refractivity contribution in [1.29, 1.82) is 0 Å². The van der Waals surface area contributed by atoms with Gasteiger partial charge < -0.3 is 15.5 Å². The van der Waals surface area contributed by atoms with E-state index in [1.165, 1.54) is 30.5 Å². The molecule has 26 heavy (non-hydrogen) atoms. The lowest BCUT2D eigenvalue weighted by Crippen LogP contribution is -2.52. The number of rotatable bonds is 4. The minimum absolute atomic E-state index is 0.126. The van der Waals surface area contributed by atoms with Crippen LogP contribution in [0.2, 0.25) is 0 Å². The molecule has 0 spiro atoms. The van der Waals surface area contributed by atoms with Gasteiger partial charge in [0.1, 0.15) is 0 Å². The molecule has 1 saturated carbocycles. The number of amides is 2. The van der Waals surface area contributed by atoms with Crippen LogP contribution in [-0.2, 0) is 5.54 Å². The van der Waals surface area contributed by atoms with Crippen LogP contribution in [0, 0.1) is 0 Å². The van der Waals surface area contributed by atoms with Crippen molar-refractivity contribution < 1.29 is 4.79 Å². The molecule has 0 unspecified atom stereocenters. The second kappa shape index (κ2) is 7.40. The Bertz CT molecular complexity index is 732. The van der Waals surface area contributed by atoms with Crippen LogP contribution in [-0.4, -0.2) is 19.1 Å². The van der Waals surface area contributed by atoms with E-state index in [-0.39, 0.29) is 11.6 Å². The maximum absolute atomic E-state index is 12.5. The Hall–Kier alpha value is -2.49. The van der Waals surface area contributed by atoms with E-state index in [1.54, 1.807) is 0 Å².